The molecule has 0 fully saturated rings. The molecule has 0 aliphatic rings. The Bertz CT molecular complexity index is 819. The van der Waals surface area contributed by atoms with Gasteiger partial charge in [-0.2, -0.15) is 0 Å². The summed E-state index contributed by atoms with van der Waals surface area (Å²) in [6.45, 7) is 0. The molecule has 5 heteroatoms. The molecule has 0 unspecified atom stereocenters. The van der Waals surface area contributed by atoms with Gasteiger partial charge in [-0.15, -0.1) is 0 Å². The molecule has 3 rings (SSSR count). The van der Waals surface area contributed by atoms with Gasteiger partial charge in [0.15, 0.2) is 0 Å². The SMILES string of the molecule is O=c1cc(-c2ccccc2)oc2nc[nH]c(=O)c12. The van der Waals surface area contributed by atoms with Gasteiger partial charge in [0.2, 0.25) is 11.1 Å². The van der Waals surface area contributed by atoms with Crippen molar-refractivity contribution in [2.45, 2.75) is 0 Å². The Balaban J connectivity index is 2.36. The molecule has 1 aromatic carbocycles. The average Bonchev–Trinajstić information content (AvgIpc) is 2.39. The van der Waals surface area contributed by atoms with E-state index in [2.05, 4.69) is 9.97 Å². The lowest BCUT2D eigenvalue weighted by Gasteiger charge is -2.01. The average molecular weight is 240 g/mol. The number of aromatic nitrogens is 2. The highest BCUT2D eigenvalue weighted by molar-refractivity contribution is 5.73. The van der Waals surface area contributed by atoms with Crippen molar-refractivity contribution < 1.29 is 4.42 Å². The molecule has 18 heavy (non-hydrogen) atoms. The topological polar surface area (TPSA) is 76.0 Å². The van der Waals surface area contributed by atoms with Crippen molar-refractivity contribution in [2.24, 2.45) is 0 Å². The Morgan fingerprint density at radius 2 is 1.89 bits per heavy atom. The largest absolute Gasteiger partial charge is 0.437 e. The molecule has 2 heterocycles. The fourth-order valence-corrected chi connectivity index (χ4v) is 1.75. The molecule has 0 saturated heterocycles. The summed E-state index contributed by atoms with van der Waals surface area (Å²) in [6, 6.07) is 10.5. The van der Waals surface area contributed by atoms with Gasteiger partial charge < -0.3 is 9.40 Å². The van der Waals surface area contributed by atoms with Gasteiger partial charge in [-0.25, -0.2) is 4.98 Å². The second kappa shape index (κ2) is 3.96. The second-order valence-corrected chi connectivity index (χ2v) is 3.75. The summed E-state index contributed by atoms with van der Waals surface area (Å²) in [5, 5.41) is -0.0582. The van der Waals surface area contributed by atoms with Crippen LogP contribution in [0.25, 0.3) is 22.4 Å². The van der Waals surface area contributed by atoms with Crippen molar-refractivity contribution in [3.8, 4) is 11.3 Å². The number of fused-ring (bicyclic) bond motifs is 1. The summed E-state index contributed by atoms with van der Waals surface area (Å²) in [6.07, 6.45) is 1.21. The highest BCUT2D eigenvalue weighted by Gasteiger charge is 2.10. The molecule has 2 aromatic heterocycles. The van der Waals surface area contributed by atoms with E-state index in [9.17, 15) is 9.59 Å². The van der Waals surface area contributed by atoms with Gasteiger partial charge in [0.1, 0.15) is 11.1 Å². The van der Waals surface area contributed by atoms with Crippen molar-refractivity contribution in [3.05, 3.63) is 63.3 Å². The lowest BCUT2D eigenvalue weighted by Crippen LogP contribution is -2.15. The van der Waals surface area contributed by atoms with Crippen LogP contribution in [-0.2, 0) is 0 Å². The third-order valence-electron chi connectivity index (χ3n) is 2.59. The summed E-state index contributed by atoms with van der Waals surface area (Å²) in [5.41, 5.74) is -0.0819. The lowest BCUT2D eigenvalue weighted by molar-refractivity contribution is 0.603. The van der Waals surface area contributed by atoms with Crippen LogP contribution in [0.4, 0.5) is 0 Å². The minimum atomic E-state index is -0.492. The standard InChI is InChI=1S/C13H8N2O3/c16-9-6-10(8-4-2-1-3-5-8)18-13-11(9)12(17)14-7-15-13/h1-7H,(H,14,15,17). The fourth-order valence-electron chi connectivity index (χ4n) is 1.75. The first-order valence-corrected chi connectivity index (χ1v) is 5.33. The number of hydrogen-bond donors (Lipinski definition) is 1. The van der Waals surface area contributed by atoms with Gasteiger partial charge in [0, 0.05) is 11.6 Å². The van der Waals surface area contributed by atoms with E-state index in [0.29, 0.717) is 5.76 Å². The first kappa shape index (κ1) is 10.5. The first-order valence-electron chi connectivity index (χ1n) is 5.33. The Hall–Kier alpha value is -2.69. The quantitative estimate of drug-likeness (QED) is 0.700. The van der Waals surface area contributed by atoms with E-state index in [1.165, 1.54) is 12.4 Å². The lowest BCUT2D eigenvalue weighted by atomic mass is 10.1. The van der Waals surface area contributed by atoms with Crippen LogP contribution in [0.2, 0.25) is 0 Å². The molecule has 0 amide bonds. The van der Waals surface area contributed by atoms with Gasteiger partial charge in [0.05, 0.1) is 6.33 Å². The molecule has 0 saturated carbocycles. The summed E-state index contributed by atoms with van der Waals surface area (Å²) in [7, 11) is 0. The minimum absolute atomic E-state index is 0.0464. The second-order valence-electron chi connectivity index (χ2n) is 3.75. The molecule has 0 radical (unpaired) electrons. The van der Waals surface area contributed by atoms with Gasteiger partial charge >= 0.3 is 0 Å². The van der Waals surface area contributed by atoms with Crippen LogP contribution >= 0.6 is 0 Å². The van der Waals surface area contributed by atoms with Crippen molar-refractivity contribution in [2.75, 3.05) is 0 Å². The zero-order chi connectivity index (χ0) is 12.5. The predicted molar refractivity (Wildman–Crippen MR) is 66.3 cm³/mol. The first-order chi connectivity index (χ1) is 8.75. The van der Waals surface area contributed by atoms with Gasteiger partial charge in [0.25, 0.3) is 5.56 Å². The third-order valence-corrected chi connectivity index (χ3v) is 2.59. The highest BCUT2D eigenvalue weighted by Crippen LogP contribution is 2.19. The van der Waals surface area contributed by atoms with Crippen LogP contribution in [0, 0.1) is 0 Å². The number of H-pyrrole nitrogens is 1. The predicted octanol–water partition coefficient (Wildman–Crippen LogP) is 1.54. The molecule has 0 atom stereocenters. The molecule has 0 aliphatic heterocycles. The van der Waals surface area contributed by atoms with Crippen LogP contribution in [0.15, 0.2) is 56.7 Å². The Morgan fingerprint density at radius 3 is 2.67 bits per heavy atom. The number of aromatic amines is 1. The number of benzene rings is 1. The molecular formula is C13H8N2O3. The van der Waals surface area contributed by atoms with Crippen molar-refractivity contribution in [1.29, 1.82) is 0 Å². The van der Waals surface area contributed by atoms with E-state index in [0.717, 1.165) is 5.56 Å². The van der Waals surface area contributed by atoms with E-state index >= 15 is 0 Å². The molecule has 1 N–H and O–H groups in total. The van der Waals surface area contributed by atoms with Crippen molar-refractivity contribution in [1.82, 2.24) is 9.97 Å². The molecule has 5 nitrogen and oxygen atoms in total. The van der Waals surface area contributed by atoms with E-state index < -0.39 is 11.0 Å². The van der Waals surface area contributed by atoms with Crippen molar-refractivity contribution in [3.63, 3.8) is 0 Å². The summed E-state index contributed by atoms with van der Waals surface area (Å²) in [4.78, 5) is 29.6. The van der Waals surface area contributed by atoms with Crippen LogP contribution < -0.4 is 11.0 Å². The normalized spacial score (nSPS) is 10.7. The smallest absolute Gasteiger partial charge is 0.265 e. The van der Waals surface area contributed by atoms with Gasteiger partial charge in [-0.1, -0.05) is 30.3 Å². The van der Waals surface area contributed by atoms with Gasteiger partial charge in [-0.3, -0.25) is 9.59 Å². The summed E-state index contributed by atoms with van der Waals surface area (Å²) < 4.78 is 5.48. The van der Waals surface area contributed by atoms with Crippen LogP contribution in [0.5, 0.6) is 0 Å². The van der Waals surface area contributed by atoms with E-state index in [1.807, 2.05) is 30.3 Å². The number of nitrogens with zero attached hydrogens (tertiary/aromatic N) is 1. The van der Waals surface area contributed by atoms with E-state index in [-0.39, 0.29) is 11.1 Å². The van der Waals surface area contributed by atoms with Crippen LogP contribution in [0.1, 0.15) is 0 Å². The number of hydrogen-bond acceptors (Lipinski definition) is 4. The minimum Gasteiger partial charge on any atom is -0.437 e. The summed E-state index contributed by atoms with van der Waals surface area (Å²) >= 11 is 0. The number of rotatable bonds is 1. The molecule has 0 spiro atoms. The molecule has 0 aliphatic carbocycles. The highest BCUT2D eigenvalue weighted by atomic mass is 16.3. The molecular weight excluding hydrogens is 232 g/mol. The molecule has 0 bridgehead atoms. The Labute approximate surface area is 101 Å². The monoisotopic (exact) mass is 240 g/mol. The fraction of sp³-hybridized carbons (Fsp3) is 0. The third kappa shape index (κ3) is 1.62. The van der Waals surface area contributed by atoms with Crippen LogP contribution in [-0.4, -0.2) is 9.97 Å². The molecule has 88 valence electrons. The zero-order valence-electron chi connectivity index (χ0n) is 9.21. The van der Waals surface area contributed by atoms with Crippen molar-refractivity contribution >= 4 is 11.1 Å². The maximum Gasteiger partial charge on any atom is 0.265 e. The van der Waals surface area contributed by atoms with Gasteiger partial charge in [-0.05, 0) is 0 Å². The Morgan fingerprint density at radius 1 is 1.11 bits per heavy atom. The maximum atomic E-state index is 11.9. The summed E-state index contributed by atoms with van der Waals surface area (Å²) in [5.74, 6) is 0.395. The maximum absolute atomic E-state index is 11.9. The Kier molecular flexibility index (Phi) is 2.30. The van der Waals surface area contributed by atoms with Crippen LogP contribution in [0.3, 0.4) is 0 Å². The van der Waals surface area contributed by atoms with E-state index in [4.69, 9.17) is 4.42 Å². The molecule has 3 aromatic rings. The van der Waals surface area contributed by atoms with E-state index in [1.54, 1.807) is 0 Å². The zero-order valence-corrected chi connectivity index (χ0v) is 9.21. The number of nitrogens with one attached hydrogen (secondary N) is 1.